The lowest BCUT2D eigenvalue weighted by Crippen LogP contribution is -2.36. The van der Waals surface area contributed by atoms with E-state index in [9.17, 15) is 0 Å². The van der Waals surface area contributed by atoms with Crippen molar-refractivity contribution >= 4 is 11.6 Å². The predicted octanol–water partition coefficient (Wildman–Crippen LogP) is 2.78. The van der Waals surface area contributed by atoms with E-state index in [1.54, 1.807) is 0 Å². The van der Waals surface area contributed by atoms with Crippen molar-refractivity contribution < 1.29 is 0 Å². The lowest BCUT2D eigenvalue weighted by Gasteiger charge is -2.26. The predicted molar refractivity (Wildman–Crippen MR) is 82.1 cm³/mol. The number of hydrogen-bond acceptors (Lipinski definition) is 3. The van der Waals surface area contributed by atoms with Crippen LogP contribution < -0.4 is 10.6 Å². The van der Waals surface area contributed by atoms with Crippen LogP contribution in [0.3, 0.4) is 0 Å². The quantitative estimate of drug-likeness (QED) is 0.794. The highest BCUT2D eigenvalue weighted by Gasteiger charge is 2.33. The van der Waals surface area contributed by atoms with Gasteiger partial charge in [-0.3, -0.25) is 4.99 Å². The van der Waals surface area contributed by atoms with Crippen molar-refractivity contribution in [1.82, 2.24) is 0 Å². The summed E-state index contributed by atoms with van der Waals surface area (Å²) in [4.78, 5) is 6.67. The monoisotopic (exact) mass is 263 g/mol. The van der Waals surface area contributed by atoms with Crippen LogP contribution in [0, 0.1) is 6.92 Å². The summed E-state index contributed by atoms with van der Waals surface area (Å²) in [6.07, 6.45) is 0.964. The molecule has 20 heavy (non-hydrogen) atoms. The summed E-state index contributed by atoms with van der Waals surface area (Å²) in [6, 6.07) is 15.5. The minimum absolute atomic E-state index is 0.245. The first-order valence-electron chi connectivity index (χ1n) is 7.00. The van der Waals surface area contributed by atoms with E-state index in [0.717, 1.165) is 13.0 Å². The Bertz CT molecular complexity index is 718. The SMILES string of the molecule is Cc1ccc2c(c1)N1C(N)=NCC1c1ccccc1C2. The van der Waals surface area contributed by atoms with Crippen LogP contribution in [-0.2, 0) is 6.42 Å². The summed E-state index contributed by atoms with van der Waals surface area (Å²) in [6.45, 7) is 2.87. The molecule has 3 heteroatoms. The van der Waals surface area contributed by atoms with E-state index in [4.69, 9.17) is 5.73 Å². The summed E-state index contributed by atoms with van der Waals surface area (Å²) in [5, 5.41) is 0. The molecule has 2 N–H and O–H groups in total. The zero-order chi connectivity index (χ0) is 13.7. The standard InChI is InChI=1S/C17H17N3/c1-11-6-7-13-9-12-4-2-3-5-14(12)16-10-19-17(18)20(16)15(13)8-11/h2-8,16H,9-10H2,1H3,(H2,18,19). The highest BCUT2D eigenvalue weighted by atomic mass is 15.3. The second kappa shape index (κ2) is 4.10. The molecule has 4 rings (SSSR count). The van der Waals surface area contributed by atoms with Crippen molar-refractivity contribution in [3.63, 3.8) is 0 Å². The maximum absolute atomic E-state index is 6.16. The molecule has 2 aliphatic rings. The van der Waals surface area contributed by atoms with Crippen LogP contribution in [0.4, 0.5) is 5.69 Å². The summed E-state index contributed by atoms with van der Waals surface area (Å²) < 4.78 is 0. The molecule has 2 aromatic carbocycles. The Hall–Kier alpha value is -2.29. The molecule has 0 bridgehead atoms. The molecule has 0 saturated carbocycles. The lowest BCUT2D eigenvalue weighted by atomic mass is 9.97. The van der Waals surface area contributed by atoms with Gasteiger partial charge >= 0.3 is 0 Å². The third-order valence-electron chi connectivity index (χ3n) is 4.28. The number of hydrogen-bond donors (Lipinski definition) is 1. The van der Waals surface area contributed by atoms with Crippen molar-refractivity contribution in [3.8, 4) is 0 Å². The van der Waals surface area contributed by atoms with Crippen molar-refractivity contribution in [2.24, 2.45) is 10.7 Å². The van der Waals surface area contributed by atoms with Crippen LogP contribution in [0.25, 0.3) is 0 Å². The molecule has 0 spiro atoms. The van der Waals surface area contributed by atoms with Gasteiger partial charge in [0.05, 0.1) is 12.6 Å². The van der Waals surface area contributed by atoms with Gasteiger partial charge < -0.3 is 10.6 Å². The van der Waals surface area contributed by atoms with E-state index in [-0.39, 0.29) is 6.04 Å². The largest absolute Gasteiger partial charge is 0.369 e. The van der Waals surface area contributed by atoms with E-state index >= 15 is 0 Å². The fourth-order valence-corrected chi connectivity index (χ4v) is 3.30. The molecular formula is C17H17N3. The Labute approximate surface area is 118 Å². The second-order valence-corrected chi connectivity index (χ2v) is 5.59. The number of benzene rings is 2. The average Bonchev–Trinajstić information content (AvgIpc) is 2.76. The number of rotatable bonds is 0. The zero-order valence-electron chi connectivity index (χ0n) is 11.5. The Morgan fingerprint density at radius 2 is 2.00 bits per heavy atom. The van der Waals surface area contributed by atoms with Gasteiger partial charge in [0.25, 0.3) is 0 Å². The summed E-state index contributed by atoms with van der Waals surface area (Å²) in [5.74, 6) is 0.638. The Morgan fingerprint density at radius 1 is 1.15 bits per heavy atom. The van der Waals surface area contributed by atoms with E-state index < -0.39 is 0 Å². The fourth-order valence-electron chi connectivity index (χ4n) is 3.30. The van der Waals surface area contributed by atoms with E-state index in [2.05, 4.69) is 59.3 Å². The van der Waals surface area contributed by atoms with Gasteiger partial charge in [-0.05, 0) is 41.7 Å². The molecule has 0 aromatic heterocycles. The topological polar surface area (TPSA) is 41.6 Å². The number of anilines is 1. The van der Waals surface area contributed by atoms with Crippen molar-refractivity contribution in [3.05, 3.63) is 64.7 Å². The van der Waals surface area contributed by atoms with E-state index in [1.165, 1.54) is 27.9 Å². The van der Waals surface area contributed by atoms with Gasteiger partial charge in [-0.2, -0.15) is 0 Å². The molecule has 2 heterocycles. The maximum Gasteiger partial charge on any atom is 0.196 e. The first-order valence-corrected chi connectivity index (χ1v) is 7.00. The van der Waals surface area contributed by atoms with Gasteiger partial charge in [0, 0.05) is 5.69 Å². The van der Waals surface area contributed by atoms with Gasteiger partial charge in [-0.25, -0.2) is 0 Å². The third kappa shape index (κ3) is 1.56. The average molecular weight is 263 g/mol. The van der Waals surface area contributed by atoms with Crippen molar-refractivity contribution in [2.45, 2.75) is 19.4 Å². The second-order valence-electron chi connectivity index (χ2n) is 5.59. The molecule has 0 fully saturated rings. The molecule has 3 nitrogen and oxygen atoms in total. The van der Waals surface area contributed by atoms with Crippen LogP contribution in [0.15, 0.2) is 47.5 Å². The van der Waals surface area contributed by atoms with Gasteiger partial charge in [-0.15, -0.1) is 0 Å². The molecule has 0 saturated heterocycles. The van der Waals surface area contributed by atoms with Gasteiger partial charge in [0.15, 0.2) is 5.96 Å². The smallest absolute Gasteiger partial charge is 0.196 e. The molecule has 0 radical (unpaired) electrons. The zero-order valence-corrected chi connectivity index (χ0v) is 11.5. The Balaban J connectivity index is 1.98. The number of aryl methyl sites for hydroxylation is 1. The first kappa shape index (κ1) is 11.5. The number of nitrogens with two attached hydrogens (primary N) is 1. The molecule has 2 aromatic rings. The van der Waals surface area contributed by atoms with Crippen molar-refractivity contribution in [2.75, 3.05) is 11.4 Å². The fraction of sp³-hybridized carbons (Fsp3) is 0.235. The van der Waals surface area contributed by atoms with E-state index in [1.807, 2.05) is 0 Å². The van der Waals surface area contributed by atoms with Gasteiger partial charge in [-0.1, -0.05) is 36.4 Å². The molecule has 1 unspecified atom stereocenters. The third-order valence-corrected chi connectivity index (χ3v) is 4.28. The summed E-state index contributed by atoms with van der Waals surface area (Å²) in [7, 11) is 0. The van der Waals surface area contributed by atoms with Gasteiger partial charge in [0.2, 0.25) is 0 Å². The summed E-state index contributed by atoms with van der Waals surface area (Å²) in [5.41, 5.74) is 12.7. The van der Waals surface area contributed by atoms with Gasteiger partial charge in [0.1, 0.15) is 0 Å². The highest BCUT2D eigenvalue weighted by Crippen LogP contribution is 2.39. The molecule has 0 amide bonds. The Morgan fingerprint density at radius 3 is 2.90 bits per heavy atom. The summed E-state index contributed by atoms with van der Waals surface area (Å²) >= 11 is 0. The number of guanidine groups is 1. The highest BCUT2D eigenvalue weighted by molar-refractivity contribution is 5.98. The molecule has 100 valence electrons. The minimum atomic E-state index is 0.245. The van der Waals surface area contributed by atoms with Crippen LogP contribution in [-0.4, -0.2) is 12.5 Å². The maximum atomic E-state index is 6.16. The van der Waals surface area contributed by atoms with E-state index in [0.29, 0.717) is 5.96 Å². The molecular weight excluding hydrogens is 246 g/mol. The Kier molecular flexibility index (Phi) is 2.36. The number of aliphatic imine (C=N–C) groups is 1. The van der Waals surface area contributed by atoms with Crippen LogP contribution in [0.5, 0.6) is 0 Å². The van der Waals surface area contributed by atoms with Crippen LogP contribution >= 0.6 is 0 Å². The van der Waals surface area contributed by atoms with Crippen LogP contribution in [0.2, 0.25) is 0 Å². The van der Waals surface area contributed by atoms with Crippen LogP contribution in [0.1, 0.15) is 28.3 Å². The first-order chi connectivity index (χ1) is 9.74. The number of fused-ring (bicyclic) bond motifs is 5. The van der Waals surface area contributed by atoms with Crippen molar-refractivity contribution in [1.29, 1.82) is 0 Å². The minimum Gasteiger partial charge on any atom is -0.369 e. The molecule has 0 aliphatic carbocycles. The number of nitrogens with zero attached hydrogens (tertiary/aromatic N) is 2. The normalized spacial score (nSPS) is 19.8. The molecule has 2 aliphatic heterocycles. The molecule has 1 atom stereocenters. The lowest BCUT2D eigenvalue weighted by molar-refractivity contribution is 0.768.